The van der Waals surface area contributed by atoms with E-state index in [0.29, 0.717) is 5.25 Å². The van der Waals surface area contributed by atoms with Crippen molar-refractivity contribution < 1.29 is 18.3 Å². The average molecular weight is 436 g/mol. The summed E-state index contributed by atoms with van der Waals surface area (Å²) in [6.07, 6.45) is 9.65. The number of benzene rings is 1. The molecule has 1 saturated heterocycles. The number of halogens is 2. The zero-order valence-corrected chi connectivity index (χ0v) is 18.0. The van der Waals surface area contributed by atoms with Gasteiger partial charge in [-0.05, 0) is 57.2 Å². The predicted octanol–water partition coefficient (Wildman–Crippen LogP) is 5.42. The van der Waals surface area contributed by atoms with Crippen molar-refractivity contribution in [1.82, 2.24) is 4.31 Å². The highest BCUT2D eigenvalue weighted by Gasteiger charge is 2.29. The fourth-order valence-electron chi connectivity index (χ4n) is 3.71. The Balaban J connectivity index is 1.75. The number of amides is 1. The predicted molar refractivity (Wildman–Crippen MR) is 115 cm³/mol. The van der Waals surface area contributed by atoms with Crippen LogP contribution in [0.5, 0.6) is 0 Å². The summed E-state index contributed by atoms with van der Waals surface area (Å²) in [6.45, 7) is 3.84. The lowest BCUT2D eigenvalue weighted by molar-refractivity contribution is 0.205. The molecule has 1 amide bonds. The number of nitrogens with two attached hydrogens (primary N) is 1. The maximum Gasteiger partial charge on any atom is 0.411 e. The van der Waals surface area contributed by atoms with Crippen molar-refractivity contribution in [3.05, 3.63) is 58.7 Å². The topological polar surface area (TPSA) is 79.4 Å². The Kier molecular flexibility index (Phi) is 7.31. The molecule has 0 saturated carbocycles. The minimum atomic E-state index is -1.15. The summed E-state index contributed by atoms with van der Waals surface area (Å²) in [5.41, 5.74) is 6.43. The number of hydrogen-bond acceptors (Lipinski definition) is 5. The average Bonchev–Trinajstić information content (AvgIpc) is 2.71. The van der Waals surface area contributed by atoms with Gasteiger partial charge >= 0.3 is 6.09 Å². The molecule has 0 aromatic heterocycles. The number of carbonyl (C=O) groups excluding carboxylic acids is 1. The summed E-state index contributed by atoms with van der Waals surface area (Å²) in [5, 5.41) is 8.03. The van der Waals surface area contributed by atoms with E-state index in [4.69, 9.17) is 11.1 Å². The molecular formula is C22H27F2N3O2S. The summed E-state index contributed by atoms with van der Waals surface area (Å²) >= 11 is 1.70. The third kappa shape index (κ3) is 5.29. The van der Waals surface area contributed by atoms with Crippen molar-refractivity contribution >= 4 is 23.9 Å². The van der Waals surface area contributed by atoms with Crippen LogP contribution in [0.3, 0.4) is 0 Å². The molecule has 1 aliphatic heterocycles. The third-order valence-electron chi connectivity index (χ3n) is 5.56. The highest BCUT2D eigenvalue weighted by Crippen LogP contribution is 2.38. The van der Waals surface area contributed by atoms with Crippen LogP contribution in [0.25, 0.3) is 0 Å². The molecule has 1 fully saturated rings. The normalized spacial score (nSPS) is 23.0. The molecule has 0 radical (unpaired) electrons. The van der Waals surface area contributed by atoms with Crippen LogP contribution in [-0.4, -0.2) is 27.6 Å². The Morgan fingerprint density at radius 2 is 2.10 bits per heavy atom. The number of ether oxygens (including phenoxy) is 1. The first kappa shape index (κ1) is 22.5. The molecule has 3 atom stereocenters. The van der Waals surface area contributed by atoms with Gasteiger partial charge in [0.2, 0.25) is 0 Å². The van der Waals surface area contributed by atoms with E-state index in [1.54, 1.807) is 11.9 Å². The zero-order valence-electron chi connectivity index (χ0n) is 17.2. The third-order valence-corrected chi connectivity index (χ3v) is 7.08. The molecule has 3 N–H and O–H groups in total. The second kappa shape index (κ2) is 9.75. The lowest BCUT2D eigenvalue weighted by atomic mass is 9.97. The van der Waals surface area contributed by atoms with Gasteiger partial charge < -0.3 is 10.5 Å². The van der Waals surface area contributed by atoms with Crippen LogP contribution in [0.2, 0.25) is 0 Å². The van der Waals surface area contributed by atoms with Crippen LogP contribution in [0.15, 0.2) is 35.9 Å². The van der Waals surface area contributed by atoms with Crippen molar-refractivity contribution in [2.45, 2.75) is 63.3 Å². The molecule has 1 aromatic rings. The lowest BCUT2D eigenvalue weighted by Gasteiger charge is -2.37. The minimum Gasteiger partial charge on any atom is -0.395 e. The first-order chi connectivity index (χ1) is 14.3. The standard InChI is InChI=1S/C22H27F2N3O2S/c1-13-8-9-20(15-6-4-3-5-7-15)30-27(13)12-16-10-19(24)17(11-18(16)23)14(2)21(25)29-22(26)28/h4,6-7,10-11,13-14,20,25H,3,5,8-9,12H2,1-2H3,(H2,26,28)/t13-,14?,20?/m0/s1. The molecule has 1 heterocycles. The van der Waals surface area contributed by atoms with E-state index in [1.165, 1.54) is 18.6 Å². The number of nitrogens with one attached hydrogen (secondary N) is 1. The molecule has 0 spiro atoms. The van der Waals surface area contributed by atoms with Crippen LogP contribution in [-0.2, 0) is 11.3 Å². The molecule has 0 bridgehead atoms. The fraction of sp³-hybridized carbons (Fsp3) is 0.455. The summed E-state index contributed by atoms with van der Waals surface area (Å²) in [6, 6.07) is 2.50. The number of rotatable bonds is 5. The SMILES string of the molecule is CC(C(=N)OC(N)=O)c1cc(F)c(CN2SC(C3=CCCC=C3)CC[C@@H]2C)cc1F. The number of nitrogens with zero attached hydrogens (tertiary/aromatic N) is 1. The number of hydrogen-bond donors (Lipinski definition) is 2. The van der Waals surface area contributed by atoms with Gasteiger partial charge in [0.25, 0.3) is 0 Å². The smallest absolute Gasteiger partial charge is 0.395 e. The van der Waals surface area contributed by atoms with Gasteiger partial charge in [-0.1, -0.05) is 30.2 Å². The van der Waals surface area contributed by atoms with Gasteiger partial charge in [-0.15, -0.1) is 0 Å². The van der Waals surface area contributed by atoms with Gasteiger partial charge in [-0.3, -0.25) is 5.41 Å². The molecule has 30 heavy (non-hydrogen) atoms. The fourth-order valence-corrected chi connectivity index (χ4v) is 5.10. The maximum absolute atomic E-state index is 14.8. The number of allylic oxidation sites excluding steroid dienone is 3. The van der Waals surface area contributed by atoms with Gasteiger partial charge in [0.15, 0.2) is 5.90 Å². The number of carbonyl (C=O) groups is 1. The van der Waals surface area contributed by atoms with E-state index >= 15 is 0 Å². The van der Waals surface area contributed by atoms with Gasteiger partial charge in [0.05, 0.1) is 5.92 Å². The lowest BCUT2D eigenvalue weighted by Crippen LogP contribution is -2.35. The van der Waals surface area contributed by atoms with Crippen LogP contribution < -0.4 is 5.73 Å². The molecule has 162 valence electrons. The largest absolute Gasteiger partial charge is 0.411 e. The van der Waals surface area contributed by atoms with Crippen molar-refractivity contribution in [3.63, 3.8) is 0 Å². The van der Waals surface area contributed by atoms with Crippen molar-refractivity contribution in [2.75, 3.05) is 0 Å². The summed E-state index contributed by atoms with van der Waals surface area (Å²) in [5.74, 6) is -2.64. The summed E-state index contributed by atoms with van der Waals surface area (Å²) in [4.78, 5) is 10.8. The maximum atomic E-state index is 14.8. The van der Waals surface area contributed by atoms with Crippen LogP contribution in [0.4, 0.5) is 13.6 Å². The van der Waals surface area contributed by atoms with Crippen LogP contribution in [0, 0.1) is 17.0 Å². The molecule has 5 nitrogen and oxygen atoms in total. The molecule has 2 aliphatic rings. The Labute approximate surface area is 180 Å². The monoisotopic (exact) mass is 435 g/mol. The first-order valence-electron chi connectivity index (χ1n) is 10.1. The van der Waals surface area contributed by atoms with Gasteiger partial charge in [0, 0.05) is 29.0 Å². The summed E-state index contributed by atoms with van der Waals surface area (Å²) < 4.78 is 36.2. The van der Waals surface area contributed by atoms with E-state index < -0.39 is 29.5 Å². The summed E-state index contributed by atoms with van der Waals surface area (Å²) in [7, 11) is 0. The quantitative estimate of drug-likeness (QED) is 0.368. The van der Waals surface area contributed by atoms with Gasteiger partial charge in [-0.25, -0.2) is 17.9 Å². The van der Waals surface area contributed by atoms with E-state index in [0.717, 1.165) is 31.7 Å². The Bertz CT molecular complexity index is 887. The van der Waals surface area contributed by atoms with Crippen LogP contribution >= 0.6 is 11.9 Å². The first-order valence-corrected chi connectivity index (χ1v) is 10.9. The van der Waals surface area contributed by atoms with E-state index in [1.807, 2.05) is 0 Å². The highest BCUT2D eigenvalue weighted by molar-refractivity contribution is 7.97. The van der Waals surface area contributed by atoms with E-state index in [2.05, 4.69) is 34.2 Å². The second-order valence-corrected chi connectivity index (χ2v) is 9.00. The van der Waals surface area contributed by atoms with E-state index in [-0.39, 0.29) is 23.7 Å². The molecule has 8 heteroatoms. The van der Waals surface area contributed by atoms with E-state index in [9.17, 15) is 13.6 Å². The minimum absolute atomic E-state index is 0.0442. The zero-order chi connectivity index (χ0) is 21.8. The second-order valence-electron chi connectivity index (χ2n) is 7.75. The van der Waals surface area contributed by atoms with Gasteiger partial charge in [0.1, 0.15) is 11.6 Å². The number of primary amides is 1. The van der Waals surface area contributed by atoms with Crippen LogP contribution in [0.1, 0.15) is 56.6 Å². The molecule has 3 rings (SSSR count). The molecule has 1 aliphatic carbocycles. The van der Waals surface area contributed by atoms with Gasteiger partial charge in [-0.2, -0.15) is 0 Å². The van der Waals surface area contributed by atoms with Crippen molar-refractivity contribution in [3.8, 4) is 0 Å². The molecule has 1 aromatic carbocycles. The Morgan fingerprint density at radius 1 is 1.33 bits per heavy atom. The Hall–Kier alpha value is -2.19. The molecule has 2 unspecified atom stereocenters. The molecular weight excluding hydrogens is 408 g/mol. The highest BCUT2D eigenvalue weighted by atomic mass is 32.2. The van der Waals surface area contributed by atoms with Crippen molar-refractivity contribution in [2.24, 2.45) is 5.73 Å². The van der Waals surface area contributed by atoms with Crippen molar-refractivity contribution in [1.29, 1.82) is 5.41 Å². The Morgan fingerprint density at radius 3 is 2.77 bits per heavy atom.